The van der Waals surface area contributed by atoms with Crippen LogP contribution in [-0.2, 0) is 9.59 Å². The van der Waals surface area contributed by atoms with Crippen molar-refractivity contribution in [2.45, 2.75) is 0 Å². The second-order valence-corrected chi connectivity index (χ2v) is 5.04. The van der Waals surface area contributed by atoms with Gasteiger partial charge in [0.15, 0.2) is 0 Å². The van der Waals surface area contributed by atoms with Crippen molar-refractivity contribution in [2.24, 2.45) is 0 Å². The normalized spacial score (nSPS) is 15.3. The summed E-state index contributed by atoms with van der Waals surface area (Å²) >= 11 is 0. The van der Waals surface area contributed by atoms with E-state index in [1.165, 1.54) is 13.2 Å². The number of amides is 2. The Balaban J connectivity index is 1.94. The lowest BCUT2D eigenvalue weighted by Crippen LogP contribution is -2.35. The molecule has 1 aliphatic rings. The molecule has 0 aliphatic carbocycles. The number of carbonyl (C=O) groups excluding carboxylic acids is 2. The second-order valence-electron chi connectivity index (χ2n) is 5.04. The van der Waals surface area contributed by atoms with Crippen molar-refractivity contribution >= 4 is 23.6 Å². The molecule has 1 aliphatic heterocycles. The molecule has 0 bridgehead atoms. The van der Waals surface area contributed by atoms with E-state index in [9.17, 15) is 9.59 Å². The van der Waals surface area contributed by atoms with E-state index in [0.29, 0.717) is 22.6 Å². The standard InChI is InChI=1S/C18H13N3O3/c1-24-16-5-3-2-4-13(16)10-15-17(22)20-21(18(15)23)14-8-6-12(11-19)7-9-14/h2-10H,1H3,(H,20,22)/b15-10+. The Morgan fingerprint density at radius 2 is 1.83 bits per heavy atom. The minimum atomic E-state index is -0.490. The zero-order valence-electron chi connectivity index (χ0n) is 12.8. The Labute approximate surface area is 138 Å². The van der Waals surface area contributed by atoms with Crippen LogP contribution >= 0.6 is 0 Å². The molecule has 1 heterocycles. The molecule has 0 saturated carbocycles. The lowest BCUT2D eigenvalue weighted by Gasteiger charge is -2.14. The third kappa shape index (κ3) is 2.71. The van der Waals surface area contributed by atoms with E-state index in [1.54, 1.807) is 48.5 Å². The maximum absolute atomic E-state index is 12.5. The molecule has 118 valence electrons. The van der Waals surface area contributed by atoms with Crippen LogP contribution in [0.2, 0.25) is 0 Å². The quantitative estimate of drug-likeness (QED) is 0.693. The summed E-state index contributed by atoms with van der Waals surface area (Å²) in [7, 11) is 1.52. The molecule has 2 aromatic carbocycles. The highest BCUT2D eigenvalue weighted by Gasteiger charge is 2.34. The number of rotatable bonds is 3. The average Bonchev–Trinajstić information content (AvgIpc) is 2.90. The van der Waals surface area contributed by atoms with Crippen molar-refractivity contribution in [3.05, 3.63) is 65.2 Å². The maximum atomic E-state index is 12.5. The molecule has 1 N–H and O–H groups in total. The van der Waals surface area contributed by atoms with Gasteiger partial charge in [-0.05, 0) is 36.4 Å². The van der Waals surface area contributed by atoms with E-state index < -0.39 is 11.8 Å². The number of nitrogens with zero attached hydrogens (tertiary/aromatic N) is 2. The van der Waals surface area contributed by atoms with Crippen molar-refractivity contribution in [1.29, 1.82) is 5.26 Å². The van der Waals surface area contributed by atoms with Gasteiger partial charge in [-0.3, -0.25) is 15.0 Å². The number of ether oxygens (including phenoxy) is 1. The molecule has 6 heteroatoms. The van der Waals surface area contributed by atoms with Crippen molar-refractivity contribution in [2.75, 3.05) is 12.1 Å². The maximum Gasteiger partial charge on any atom is 0.282 e. The Bertz CT molecular complexity index is 879. The molecular weight excluding hydrogens is 306 g/mol. The Morgan fingerprint density at radius 1 is 1.12 bits per heavy atom. The predicted octanol–water partition coefficient (Wildman–Crippen LogP) is 2.03. The van der Waals surface area contributed by atoms with E-state index in [4.69, 9.17) is 10.00 Å². The minimum Gasteiger partial charge on any atom is -0.496 e. The molecule has 0 spiro atoms. The van der Waals surface area contributed by atoms with Crippen molar-refractivity contribution in [1.82, 2.24) is 5.43 Å². The van der Waals surface area contributed by atoms with Crippen LogP contribution in [-0.4, -0.2) is 18.9 Å². The summed E-state index contributed by atoms with van der Waals surface area (Å²) in [5.74, 6) is -0.381. The number of hydrogen-bond acceptors (Lipinski definition) is 4. The average molecular weight is 319 g/mol. The molecule has 3 rings (SSSR count). The monoisotopic (exact) mass is 319 g/mol. The van der Waals surface area contributed by atoms with Crippen LogP contribution in [0.5, 0.6) is 5.75 Å². The molecule has 0 radical (unpaired) electrons. The number of nitrogens with one attached hydrogen (secondary N) is 1. The third-order valence-electron chi connectivity index (χ3n) is 3.58. The summed E-state index contributed by atoms with van der Waals surface area (Å²) < 4.78 is 5.23. The summed E-state index contributed by atoms with van der Waals surface area (Å²) in [5, 5.41) is 9.98. The zero-order chi connectivity index (χ0) is 17.1. The second kappa shape index (κ2) is 6.26. The van der Waals surface area contributed by atoms with Crippen LogP contribution in [0.3, 0.4) is 0 Å². The number of anilines is 1. The molecular formula is C18H13N3O3. The summed E-state index contributed by atoms with van der Waals surface area (Å²) in [6, 6.07) is 15.5. The molecule has 6 nitrogen and oxygen atoms in total. The molecule has 1 saturated heterocycles. The van der Waals surface area contributed by atoms with Crippen LogP contribution < -0.4 is 15.2 Å². The van der Waals surface area contributed by atoms with Gasteiger partial charge >= 0.3 is 0 Å². The van der Waals surface area contributed by atoms with Crippen molar-refractivity contribution < 1.29 is 14.3 Å². The summed E-state index contributed by atoms with van der Waals surface area (Å²) in [6.07, 6.45) is 1.50. The fourth-order valence-corrected chi connectivity index (χ4v) is 2.37. The Morgan fingerprint density at radius 3 is 2.50 bits per heavy atom. The Kier molecular flexibility index (Phi) is 4.00. The highest BCUT2D eigenvalue weighted by molar-refractivity contribution is 6.31. The molecule has 0 unspecified atom stereocenters. The molecule has 2 aromatic rings. The highest BCUT2D eigenvalue weighted by atomic mass is 16.5. The lowest BCUT2D eigenvalue weighted by molar-refractivity contribution is -0.117. The van der Waals surface area contributed by atoms with E-state index in [1.807, 2.05) is 6.07 Å². The predicted molar refractivity (Wildman–Crippen MR) is 87.8 cm³/mol. The van der Waals surface area contributed by atoms with Gasteiger partial charge in [0.05, 0.1) is 24.4 Å². The minimum absolute atomic E-state index is 0.0175. The molecule has 0 aromatic heterocycles. The van der Waals surface area contributed by atoms with Crippen molar-refractivity contribution in [3.8, 4) is 11.8 Å². The van der Waals surface area contributed by atoms with E-state index in [2.05, 4.69) is 5.43 Å². The number of hydrazine groups is 1. The van der Waals surface area contributed by atoms with E-state index in [-0.39, 0.29) is 5.57 Å². The summed E-state index contributed by atoms with van der Waals surface area (Å²) in [4.78, 5) is 24.7. The number of nitriles is 1. The van der Waals surface area contributed by atoms with Crippen LogP contribution in [0.15, 0.2) is 54.1 Å². The number of methoxy groups -OCH3 is 1. The van der Waals surface area contributed by atoms with Gasteiger partial charge in [-0.25, -0.2) is 5.01 Å². The molecule has 1 fully saturated rings. The van der Waals surface area contributed by atoms with Gasteiger partial charge in [-0.1, -0.05) is 18.2 Å². The van der Waals surface area contributed by atoms with Gasteiger partial charge in [0.25, 0.3) is 11.8 Å². The van der Waals surface area contributed by atoms with Gasteiger partial charge in [-0.15, -0.1) is 0 Å². The van der Waals surface area contributed by atoms with Gasteiger partial charge in [0.1, 0.15) is 11.3 Å². The smallest absolute Gasteiger partial charge is 0.282 e. The number of benzene rings is 2. The number of carbonyl (C=O) groups is 2. The van der Waals surface area contributed by atoms with Crippen LogP contribution in [0.25, 0.3) is 6.08 Å². The largest absolute Gasteiger partial charge is 0.496 e. The van der Waals surface area contributed by atoms with Crippen LogP contribution in [0.1, 0.15) is 11.1 Å². The van der Waals surface area contributed by atoms with Gasteiger partial charge in [0, 0.05) is 5.56 Å². The Hall–Kier alpha value is -3.59. The van der Waals surface area contributed by atoms with Gasteiger partial charge in [-0.2, -0.15) is 5.26 Å². The SMILES string of the molecule is COc1ccccc1/C=C1\C(=O)NN(c2ccc(C#N)cc2)C1=O. The van der Waals surface area contributed by atoms with Crippen molar-refractivity contribution in [3.63, 3.8) is 0 Å². The van der Waals surface area contributed by atoms with Gasteiger partial charge in [0.2, 0.25) is 0 Å². The van der Waals surface area contributed by atoms with E-state index >= 15 is 0 Å². The zero-order valence-corrected chi connectivity index (χ0v) is 12.8. The number of para-hydroxylation sites is 1. The molecule has 2 amide bonds. The first kappa shape index (κ1) is 15.3. The molecule has 0 atom stereocenters. The van der Waals surface area contributed by atoms with E-state index in [0.717, 1.165) is 5.01 Å². The lowest BCUT2D eigenvalue weighted by atomic mass is 10.1. The molecule has 24 heavy (non-hydrogen) atoms. The third-order valence-corrected chi connectivity index (χ3v) is 3.58. The fraction of sp³-hybridized carbons (Fsp3) is 0.0556. The first-order valence-electron chi connectivity index (χ1n) is 7.14. The summed E-state index contributed by atoms with van der Waals surface area (Å²) in [6.45, 7) is 0. The number of hydrogen-bond donors (Lipinski definition) is 1. The fourth-order valence-electron chi connectivity index (χ4n) is 2.37. The van der Waals surface area contributed by atoms with Crippen LogP contribution in [0, 0.1) is 11.3 Å². The first-order chi connectivity index (χ1) is 11.6. The topological polar surface area (TPSA) is 82.4 Å². The highest BCUT2D eigenvalue weighted by Crippen LogP contribution is 2.25. The first-order valence-corrected chi connectivity index (χ1v) is 7.14. The van der Waals surface area contributed by atoms with Gasteiger partial charge < -0.3 is 4.74 Å². The summed E-state index contributed by atoms with van der Waals surface area (Å²) in [5.41, 5.74) is 4.13. The van der Waals surface area contributed by atoms with Crippen LogP contribution in [0.4, 0.5) is 5.69 Å².